The van der Waals surface area contributed by atoms with Crippen molar-refractivity contribution in [3.8, 4) is 0 Å². The van der Waals surface area contributed by atoms with E-state index in [-0.39, 0.29) is 5.56 Å². The maximum Gasteiger partial charge on any atom is 0.255 e. The van der Waals surface area contributed by atoms with E-state index in [2.05, 4.69) is 10.6 Å². The molecule has 0 unspecified atom stereocenters. The first-order valence-corrected chi connectivity index (χ1v) is 7.27. The first-order chi connectivity index (χ1) is 8.81. The summed E-state index contributed by atoms with van der Waals surface area (Å²) in [5.74, 6) is 0. The summed E-state index contributed by atoms with van der Waals surface area (Å²) in [6.07, 6.45) is 9.57. The lowest BCUT2D eigenvalue weighted by Crippen LogP contribution is -2.32. The number of pyridine rings is 1. The van der Waals surface area contributed by atoms with Crippen molar-refractivity contribution >= 4 is 0 Å². The minimum absolute atomic E-state index is 0.185. The van der Waals surface area contributed by atoms with Crippen molar-refractivity contribution in [2.75, 3.05) is 0 Å². The smallest absolute Gasteiger partial charge is 0.255 e. The highest BCUT2D eigenvalue weighted by molar-refractivity contribution is 5.31. The van der Waals surface area contributed by atoms with Gasteiger partial charge in [0.25, 0.3) is 5.56 Å². The molecule has 1 saturated carbocycles. The lowest BCUT2D eigenvalue weighted by atomic mass is 9.94. The molecule has 3 rings (SSSR count). The van der Waals surface area contributed by atoms with Gasteiger partial charge in [-0.15, -0.1) is 0 Å². The zero-order chi connectivity index (χ0) is 12.5. The molecule has 0 aromatic carbocycles. The highest BCUT2D eigenvalue weighted by atomic mass is 16.1. The number of aromatic nitrogens is 1. The Morgan fingerprint density at radius 2 is 1.94 bits per heavy atom. The average molecular weight is 246 g/mol. The summed E-state index contributed by atoms with van der Waals surface area (Å²) in [6, 6.07) is 2.49. The second-order valence-corrected chi connectivity index (χ2v) is 5.67. The van der Waals surface area contributed by atoms with Crippen molar-refractivity contribution < 1.29 is 0 Å². The summed E-state index contributed by atoms with van der Waals surface area (Å²) in [6.45, 7) is 0.374. The summed E-state index contributed by atoms with van der Waals surface area (Å²) in [4.78, 5) is 12.5. The third-order valence-electron chi connectivity index (χ3n) is 4.52. The van der Waals surface area contributed by atoms with Crippen LogP contribution in [0, 0.1) is 0 Å². The van der Waals surface area contributed by atoms with E-state index in [9.17, 15) is 4.79 Å². The Labute approximate surface area is 108 Å². The van der Waals surface area contributed by atoms with Gasteiger partial charge in [0.05, 0.1) is 0 Å². The van der Waals surface area contributed by atoms with Crippen molar-refractivity contribution in [1.29, 1.82) is 0 Å². The summed E-state index contributed by atoms with van der Waals surface area (Å²) in [5, 5.41) is 0. The molecule has 0 radical (unpaired) electrons. The molecule has 3 heteroatoms. The van der Waals surface area contributed by atoms with E-state index in [1.165, 1.54) is 49.8 Å². The van der Waals surface area contributed by atoms with Crippen LogP contribution in [0.15, 0.2) is 10.9 Å². The fourth-order valence-corrected chi connectivity index (χ4v) is 3.60. The number of nitrogens with two attached hydrogens (primary N) is 1. The molecule has 2 N–H and O–H groups in total. The lowest BCUT2D eigenvalue weighted by Gasteiger charge is -2.27. The van der Waals surface area contributed by atoms with Crippen LogP contribution < -0.4 is 11.3 Å². The number of hydrogen-bond donors (Lipinski definition) is 1. The Bertz CT molecular complexity index is 498. The van der Waals surface area contributed by atoms with Gasteiger partial charge in [-0.3, -0.25) is 4.79 Å². The van der Waals surface area contributed by atoms with Crippen LogP contribution in [-0.4, -0.2) is 4.57 Å². The lowest BCUT2D eigenvalue weighted by molar-refractivity contribution is 0.338. The first kappa shape index (κ1) is 12.0. The molecule has 3 nitrogen and oxygen atoms in total. The topological polar surface area (TPSA) is 48.0 Å². The second kappa shape index (κ2) is 4.88. The minimum Gasteiger partial charge on any atom is -0.326 e. The van der Waals surface area contributed by atoms with Gasteiger partial charge in [0.15, 0.2) is 0 Å². The minimum atomic E-state index is 0.185. The molecule has 18 heavy (non-hydrogen) atoms. The highest BCUT2D eigenvalue weighted by Crippen LogP contribution is 2.31. The maximum atomic E-state index is 12.5. The summed E-state index contributed by atoms with van der Waals surface area (Å²) in [7, 11) is 0. The standard InChI is InChI=1S/C15H22N2O/c16-10-12-9-11-5-4-8-14(11)17(15(12)18)13-6-2-1-3-7-13/h9,13H,1-8,10,16H2. The number of aryl methyl sites for hydroxylation is 1. The number of rotatable bonds is 2. The molecule has 2 aliphatic rings. The maximum absolute atomic E-state index is 12.5. The fraction of sp³-hybridized carbons (Fsp3) is 0.667. The van der Waals surface area contributed by atoms with Crippen LogP contribution in [0.5, 0.6) is 0 Å². The number of fused-ring (bicyclic) bond motifs is 1. The molecule has 0 saturated heterocycles. The van der Waals surface area contributed by atoms with Gasteiger partial charge in [-0.1, -0.05) is 19.3 Å². The number of nitrogens with zero attached hydrogens (tertiary/aromatic N) is 1. The zero-order valence-corrected chi connectivity index (χ0v) is 11.0. The van der Waals surface area contributed by atoms with Gasteiger partial charge in [-0.2, -0.15) is 0 Å². The van der Waals surface area contributed by atoms with Gasteiger partial charge in [-0.05, 0) is 43.7 Å². The quantitative estimate of drug-likeness (QED) is 0.870. The van der Waals surface area contributed by atoms with Gasteiger partial charge in [0.1, 0.15) is 0 Å². The Morgan fingerprint density at radius 3 is 2.67 bits per heavy atom. The molecule has 0 atom stereocenters. The third-order valence-corrected chi connectivity index (χ3v) is 4.52. The van der Waals surface area contributed by atoms with Crippen LogP contribution in [0.1, 0.15) is 61.4 Å². The zero-order valence-electron chi connectivity index (χ0n) is 11.0. The van der Waals surface area contributed by atoms with Crippen molar-refractivity contribution in [3.63, 3.8) is 0 Å². The summed E-state index contributed by atoms with van der Waals surface area (Å²) in [5.41, 5.74) is 9.41. The van der Waals surface area contributed by atoms with Crippen molar-refractivity contribution in [1.82, 2.24) is 4.57 Å². The first-order valence-electron chi connectivity index (χ1n) is 7.27. The van der Waals surface area contributed by atoms with Crippen LogP contribution in [0.25, 0.3) is 0 Å². The van der Waals surface area contributed by atoms with E-state index in [0.717, 1.165) is 18.4 Å². The van der Waals surface area contributed by atoms with E-state index < -0.39 is 0 Å². The van der Waals surface area contributed by atoms with Crippen molar-refractivity contribution in [3.05, 3.63) is 33.2 Å². The van der Waals surface area contributed by atoms with Crippen LogP contribution >= 0.6 is 0 Å². The molecule has 1 aromatic rings. The largest absolute Gasteiger partial charge is 0.326 e. The van der Waals surface area contributed by atoms with E-state index in [1.54, 1.807) is 0 Å². The normalized spacial score (nSPS) is 20.1. The van der Waals surface area contributed by atoms with Crippen LogP contribution in [0.3, 0.4) is 0 Å². The Kier molecular flexibility index (Phi) is 3.25. The van der Waals surface area contributed by atoms with Crippen molar-refractivity contribution in [2.45, 2.75) is 64.0 Å². The highest BCUT2D eigenvalue weighted by Gasteiger charge is 2.24. The molecule has 0 spiro atoms. The monoisotopic (exact) mass is 246 g/mol. The Hall–Kier alpha value is -1.09. The molecular formula is C15H22N2O. The van der Waals surface area contributed by atoms with E-state index in [0.29, 0.717) is 12.6 Å². The predicted molar refractivity (Wildman–Crippen MR) is 72.7 cm³/mol. The van der Waals surface area contributed by atoms with Gasteiger partial charge < -0.3 is 10.3 Å². The molecule has 1 aromatic heterocycles. The van der Waals surface area contributed by atoms with E-state index in [4.69, 9.17) is 5.73 Å². The van der Waals surface area contributed by atoms with Gasteiger partial charge in [-0.25, -0.2) is 0 Å². The Balaban J connectivity index is 2.11. The van der Waals surface area contributed by atoms with E-state index >= 15 is 0 Å². The van der Waals surface area contributed by atoms with Gasteiger partial charge in [0, 0.05) is 23.8 Å². The molecule has 0 bridgehead atoms. The average Bonchev–Trinajstić information content (AvgIpc) is 2.86. The molecule has 2 aliphatic carbocycles. The molecule has 1 heterocycles. The molecular weight excluding hydrogens is 224 g/mol. The molecule has 98 valence electrons. The SMILES string of the molecule is NCc1cc2c(n(C3CCCCC3)c1=O)CCC2. The summed E-state index contributed by atoms with van der Waals surface area (Å²) < 4.78 is 2.11. The van der Waals surface area contributed by atoms with Gasteiger partial charge in [0.2, 0.25) is 0 Å². The molecule has 1 fully saturated rings. The van der Waals surface area contributed by atoms with Crippen molar-refractivity contribution in [2.24, 2.45) is 5.73 Å². The Morgan fingerprint density at radius 1 is 1.17 bits per heavy atom. The van der Waals surface area contributed by atoms with E-state index in [1.807, 2.05) is 0 Å². The fourth-order valence-electron chi connectivity index (χ4n) is 3.60. The number of hydrogen-bond acceptors (Lipinski definition) is 2. The summed E-state index contributed by atoms with van der Waals surface area (Å²) >= 11 is 0. The van der Waals surface area contributed by atoms with Crippen LogP contribution in [0.2, 0.25) is 0 Å². The van der Waals surface area contributed by atoms with Crippen LogP contribution in [0.4, 0.5) is 0 Å². The molecule has 0 amide bonds. The van der Waals surface area contributed by atoms with Gasteiger partial charge >= 0.3 is 0 Å². The van der Waals surface area contributed by atoms with Crippen LogP contribution in [-0.2, 0) is 19.4 Å². The predicted octanol–water partition coefficient (Wildman–Crippen LogP) is 2.30. The second-order valence-electron chi connectivity index (χ2n) is 5.67. The molecule has 0 aliphatic heterocycles. The third kappa shape index (κ3) is 1.91.